The molecule has 1 amide bonds. The number of benzene rings is 1. The highest BCUT2D eigenvalue weighted by Crippen LogP contribution is 2.21. The minimum Gasteiger partial charge on any atom is -0.507 e. The summed E-state index contributed by atoms with van der Waals surface area (Å²) < 4.78 is 0. The van der Waals surface area contributed by atoms with Gasteiger partial charge in [0.1, 0.15) is 5.75 Å². The number of hydrogen-bond acceptors (Lipinski definition) is 2. The predicted molar refractivity (Wildman–Crippen MR) is 73.1 cm³/mol. The number of alkyl halides is 1. The molecule has 17 heavy (non-hydrogen) atoms. The Morgan fingerprint density at radius 1 is 1.59 bits per heavy atom. The SMILES string of the molecule is CC(Br)CCCNC(=O)c1ccc(Cl)cc1O. The van der Waals surface area contributed by atoms with E-state index < -0.39 is 0 Å². The van der Waals surface area contributed by atoms with E-state index in [-0.39, 0.29) is 17.2 Å². The third kappa shape index (κ3) is 4.96. The molecular weight excluding hydrogens is 305 g/mol. The van der Waals surface area contributed by atoms with Crippen molar-refractivity contribution in [1.29, 1.82) is 0 Å². The zero-order valence-corrected chi connectivity index (χ0v) is 11.9. The number of amides is 1. The summed E-state index contributed by atoms with van der Waals surface area (Å²) in [7, 11) is 0. The summed E-state index contributed by atoms with van der Waals surface area (Å²) in [5.74, 6) is -0.370. The van der Waals surface area contributed by atoms with Gasteiger partial charge in [-0.2, -0.15) is 0 Å². The molecule has 0 aromatic heterocycles. The average Bonchev–Trinajstić information content (AvgIpc) is 2.23. The lowest BCUT2D eigenvalue weighted by Gasteiger charge is -2.07. The number of aromatic hydroxyl groups is 1. The van der Waals surface area contributed by atoms with Crippen LogP contribution in [0.25, 0.3) is 0 Å². The topological polar surface area (TPSA) is 49.3 Å². The molecule has 1 aromatic carbocycles. The lowest BCUT2D eigenvalue weighted by Crippen LogP contribution is -2.24. The molecular formula is C12H15BrClNO2. The monoisotopic (exact) mass is 319 g/mol. The smallest absolute Gasteiger partial charge is 0.255 e. The highest BCUT2D eigenvalue weighted by molar-refractivity contribution is 9.09. The molecule has 94 valence electrons. The Bertz CT molecular complexity index is 396. The Hall–Kier alpha value is -0.740. The molecule has 0 spiro atoms. The Labute approximate surface area is 114 Å². The Balaban J connectivity index is 2.47. The van der Waals surface area contributed by atoms with Gasteiger partial charge in [-0.1, -0.05) is 34.5 Å². The lowest BCUT2D eigenvalue weighted by molar-refractivity contribution is 0.0950. The van der Waals surface area contributed by atoms with E-state index in [0.29, 0.717) is 16.4 Å². The van der Waals surface area contributed by atoms with Gasteiger partial charge in [0.15, 0.2) is 0 Å². The van der Waals surface area contributed by atoms with Crippen molar-refractivity contribution >= 4 is 33.4 Å². The van der Waals surface area contributed by atoms with Crippen LogP contribution in [-0.4, -0.2) is 22.4 Å². The Morgan fingerprint density at radius 2 is 2.29 bits per heavy atom. The summed E-state index contributed by atoms with van der Waals surface area (Å²) >= 11 is 9.13. The first-order valence-electron chi connectivity index (χ1n) is 5.41. The summed E-state index contributed by atoms with van der Waals surface area (Å²) in [4.78, 5) is 12.1. The van der Waals surface area contributed by atoms with E-state index in [9.17, 15) is 9.90 Å². The van der Waals surface area contributed by atoms with E-state index in [0.717, 1.165) is 12.8 Å². The number of carbonyl (C=O) groups is 1. The molecule has 0 bridgehead atoms. The molecule has 1 rings (SSSR count). The van der Waals surface area contributed by atoms with Crippen LogP contribution in [0.5, 0.6) is 5.75 Å². The number of hydrogen-bond donors (Lipinski definition) is 2. The number of nitrogens with one attached hydrogen (secondary N) is 1. The summed E-state index contributed by atoms with van der Waals surface area (Å²) in [5, 5.41) is 12.7. The largest absolute Gasteiger partial charge is 0.507 e. The van der Waals surface area contributed by atoms with E-state index in [4.69, 9.17) is 11.6 Å². The molecule has 0 aliphatic heterocycles. The Kier molecular flexibility index (Phi) is 5.78. The standard InChI is InChI=1S/C12H15BrClNO2/c1-8(13)3-2-6-15-12(17)10-5-4-9(14)7-11(10)16/h4-5,7-8,16H,2-3,6H2,1H3,(H,15,17). The minimum atomic E-state index is -0.276. The maximum atomic E-state index is 11.7. The van der Waals surface area contributed by atoms with Gasteiger partial charge < -0.3 is 10.4 Å². The van der Waals surface area contributed by atoms with Crippen LogP contribution >= 0.6 is 27.5 Å². The molecule has 3 nitrogen and oxygen atoms in total. The van der Waals surface area contributed by atoms with Crippen LogP contribution < -0.4 is 5.32 Å². The van der Waals surface area contributed by atoms with Gasteiger partial charge in [0.25, 0.3) is 5.91 Å². The van der Waals surface area contributed by atoms with Gasteiger partial charge in [-0.3, -0.25) is 4.79 Å². The van der Waals surface area contributed by atoms with Crippen LogP contribution in [-0.2, 0) is 0 Å². The third-order valence-electron chi connectivity index (χ3n) is 2.27. The molecule has 0 saturated carbocycles. The zero-order valence-electron chi connectivity index (χ0n) is 9.54. The van der Waals surface area contributed by atoms with Crippen LogP contribution in [0.3, 0.4) is 0 Å². The number of phenols is 1. The van der Waals surface area contributed by atoms with Crippen molar-refractivity contribution in [2.24, 2.45) is 0 Å². The fourth-order valence-electron chi connectivity index (χ4n) is 1.38. The second-order valence-corrected chi connectivity index (χ2v) is 5.84. The summed E-state index contributed by atoms with van der Waals surface area (Å²) in [5.41, 5.74) is 0.251. The first-order valence-corrected chi connectivity index (χ1v) is 6.71. The van der Waals surface area contributed by atoms with Gasteiger partial charge in [-0.15, -0.1) is 0 Å². The molecule has 1 atom stereocenters. The minimum absolute atomic E-state index is 0.0936. The van der Waals surface area contributed by atoms with Crippen LogP contribution in [0.2, 0.25) is 5.02 Å². The highest BCUT2D eigenvalue weighted by Gasteiger charge is 2.10. The first kappa shape index (κ1) is 14.3. The first-order chi connectivity index (χ1) is 8.00. The summed E-state index contributed by atoms with van der Waals surface area (Å²) in [6.45, 7) is 2.66. The Morgan fingerprint density at radius 3 is 2.88 bits per heavy atom. The van der Waals surface area contributed by atoms with E-state index in [1.165, 1.54) is 12.1 Å². The van der Waals surface area contributed by atoms with E-state index >= 15 is 0 Å². The molecule has 0 saturated heterocycles. The van der Waals surface area contributed by atoms with Crippen molar-refractivity contribution in [2.45, 2.75) is 24.6 Å². The summed E-state index contributed by atoms with van der Waals surface area (Å²) in [6, 6.07) is 4.45. The van der Waals surface area contributed by atoms with Crippen LogP contribution in [0.1, 0.15) is 30.1 Å². The lowest BCUT2D eigenvalue weighted by atomic mass is 10.2. The van der Waals surface area contributed by atoms with Crippen molar-refractivity contribution in [3.05, 3.63) is 28.8 Å². The van der Waals surface area contributed by atoms with Gasteiger partial charge in [0, 0.05) is 16.4 Å². The fraction of sp³-hybridized carbons (Fsp3) is 0.417. The summed E-state index contributed by atoms with van der Waals surface area (Å²) in [6.07, 6.45) is 1.89. The second-order valence-electron chi connectivity index (χ2n) is 3.84. The molecule has 1 unspecified atom stereocenters. The van der Waals surface area contributed by atoms with Crippen molar-refractivity contribution in [2.75, 3.05) is 6.54 Å². The van der Waals surface area contributed by atoms with Crippen LogP contribution in [0, 0.1) is 0 Å². The molecule has 1 aromatic rings. The van der Waals surface area contributed by atoms with E-state index in [1.807, 2.05) is 0 Å². The molecule has 0 heterocycles. The predicted octanol–water partition coefficient (Wildman–Crippen LogP) is 3.34. The van der Waals surface area contributed by atoms with Crippen molar-refractivity contribution < 1.29 is 9.90 Å². The van der Waals surface area contributed by atoms with Gasteiger partial charge in [-0.25, -0.2) is 0 Å². The molecule has 0 radical (unpaired) electrons. The van der Waals surface area contributed by atoms with Crippen molar-refractivity contribution in [3.8, 4) is 5.75 Å². The zero-order chi connectivity index (χ0) is 12.8. The van der Waals surface area contributed by atoms with Crippen LogP contribution in [0.15, 0.2) is 18.2 Å². The van der Waals surface area contributed by atoms with Gasteiger partial charge in [0.2, 0.25) is 0 Å². The van der Waals surface area contributed by atoms with Gasteiger partial charge in [-0.05, 0) is 31.0 Å². The van der Waals surface area contributed by atoms with E-state index in [2.05, 4.69) is 28.2 Å². The molecule has 0 fully saturated rings. The highest BCUT2D eigenvalue weighted by atomic mass is 79.9. The van der Waals surface area contributed by atoms with E-state index in [1.54, 1.807) is 6.07 Å². The maximum Gasteiger partial charge on any atom is 0.255 e. The molecule has 0 aliphatic rings. The number of rotatable bonds is 5. The number of carbonyl (C=O) groups excluding carboxylic acids is 1. The fourth-order valence-corrected chi connectivity index (χ4v) is 1.87. The number of halogens is 2. The second kappa shape index (κ2) is 6.87. The van der Waals surface area contributed by atoms with Gasteiger partial charge in [0.05, 0.1) is 5.56 Å². The molecule has 0 aliphatic carbocycles. The number of phenolic OH excluding ortho intramolecular Hbond substituents is 1. The van der Waals surface area contributed by atoms with Crippen molar-refractivity contribution in [3.63, 3.8) is 0 Å². The molecule has 5 heteroatoms. The maximum absolute atomic E-state index is 11.7. The van der Waals surface area contributed by atoms with Crippen LogP contribution in [0.4, 0.5) is 0 Å². The molecule has 2 N–H and O–H groups in total. The normalized spacial score (nSPS) is 12.2. The quantitative estimate of drug-likeness (QED) is 0.646. The van der Waals surface area contributed by atoms with Gasteiger partial charge >= 0.3 is 0 Å². The third-order valence-corrected chi connectivity index (χ3v) is 2.96. The van der Waals surface area contributed by atoms with Crippen molar-refractivity contribution in [1.82, 2.24) is 5.32 Å². The average molecular weight is 321 g/mol.